The maximum absolute atomic E-state index is 5.89. The number of guanidine groups is 1. The Morgan fingerprint density at radius 2 is 2.04 bits per heavy atom. The van der Waals surface area contributed by atoms with Crippen LogP contribution in [0.25, 0.3) is 0 Å². The highest BCUT2D eigenvalue weighted by molar-refractivity contribution is 5.81. The van der Waals surface area contributed by atoms with Crippen LogP contribution >= 0.6 is 0 Å². The van der Waals surface area contributed by atoms with Gasteiger partial charge in [0.2, 0.25) is 0 Å². The van der Waals surface area contributed by atoms with Crippen molar-refractivity contribution in [2.45, 2.75) is 20.4 Å². The van der Waals surface area contributed by atoms with E-state index >= 15 is 0 Å². The normalized spacial score (nSPS) is 14.0. The third kappa shape index (κ3) is 5.03. The van der Waals surface area contributed by atoms with Gasteiger partial charge in [-0.1, -0.05) is 19.9 Å². The predicted octanol–water partition coefficient (Wildman–Crippen LogP) is 1.81. The van der Waals surface area contributed by atoms with Crippen molar-refractivity contribution in [3.8, 4) is 11.5 Å². The van der Waals surface area contributed by atoms with Crippen molar-refractivity contribution in [3.63, 3.8) is 0 Å². The lowest BCUT2D eigenvalue weighted by Crippen LogP contribution is -2.35. The van der Waals surface area contributed by atoms with Crippen LogP contribution in [-0.4, -0.2) is 69.2 Å². The van der Waals surface area contributed by atoms with Gasteiger partial charge in [0.15, 0.2) is 17.5 Å². The van der Waals surface area contributed by atoms with Crippen LogP contribution in [0.2, 0.25) is 0 Å². The lowest BCUT2D eigenvalue weighted by atomic mass is 10.2. The third-order valence-corrected chi connectivity index (χ3v) is 4.30. The molecule has 1 aromatic rings. The zero-order chi connectivity index (χ0) is 17.4. The van der Waals surface area contributed by atoms with E-state index in [4.69, 9.17) is 9.47 Å². The molecule has 1 aliphatic rings. The molecule has 1 heterocycles. The molecule has 0 aliphatic carbocycles. The second-order valence-corrected chi connectivity index (χ2v) is 5.84. The molecule has 0 spiro atoms. The number of hydrogen-bond acceptors (Lipinski definition) is 6. The highest BCUT2D eigenvalue weighted by atomic mass is 16.5. The molecule has 0 bridgehead atoms. The molecule has 1 N–H and O–H groups in total. The average Bonchev–Trinajstić information content (AvgIpc) is 3.02. The number of aliphatic imine (C=N–C) groups is 1. The highest BCUT2D eigenvalue weighted by Crippen LogP contribution is 2.28. The number of methoxy groups -OCH3 is 1. The molecule has 2 rings (SSSR count). The summed E-state index contributed by atoms with van der Waals surface area (Å²) in [7, 11) is 3.73. The molecule has 24 heavy (non-hydrogen) atoms. The fraction of sp³-hybridized carbons (Fsp3) is 0.611. The zero-order valence-corrected chi connectivity index (χ0v) is 15.3. The van der Waals surface area contributed by atoms with Gasteiger partial charge in [-0.05, 0) is 30.8 Å². The van der Waals surface area contributed by atoms with Gasteiger partial charge >= 0.3 is 0 Å². The summed E-state index contributed by atoms with van der Waals surface area (Å²) in [6.07, 6.45) is 0. The minimum atomic E-state index is 0.664. The van der Waals surface area contributed by atoms with Crippen LogP contribution in [0.1, 0.15) is 19.4 Å². The molecule has 1 aromatic carbocycles. The van der Waals surface area contributed by atoms with Crippen LogP contribution in [0.5, 0.6) is 11.5 Å². The van der Waals surface area contributed by atoms with Crippen molar-refractivity contribution in [3.05, 3.63) is 23.8 Å². The topological polar surface area (TPSA) is 49.3 Å². The summed E-state index contributed by atoms with van der Waals surface area (Å²) in [5, 5.41) is 3.36. The predicted molar refractivity (Wildman–Crippen MR) is 98.0 cm³/mol. The van der Waals surface area contributed by atoms with Crippen molar-refractivity contribution in [2.75, 3.05) is 53.5 Å². The van der Waals surface area contributed by atoms with Gasteiger partial charge in [-0.15, -0.1) is 0 Å². The fourth-order valence-electron chi connectivity index (χ4n) is 2.67. The smallest absolute Gasteiger partial charge is 0.194 e. The van der Waals surface area contributed by atoms with E-state index in [1.807, 2.05) is 19.2 Å². The van der Waals surface area contributed by atoms with Crippen LogP contribution in [0, 0.1) is 0 Å². The maximum atomic E-state index is 5.89. The first-order chi connectivity index (χ1) is 11.7. The van der Waals surface area contributed by atoms with Crippen LogP contribution in [-0.2, 0) is 6.54 Å². The molecular formula is C18H30N4O2. The van der Waals surface area contributed by atoms with E-state index in [2.05, 4.69) is 40.0 Å². The molecule has 0 saturated heterocycles. The first kappa shape index (κ1) is 18.4. The Bertz CT molecular complexity index is 544. The van der Waals surface area contributed by atoms with E-state index in [0.717, 1.165) is 62.3 Å². The van der Waals surface area contributed by atoms with Crippen LogP contribution in [0.3, 0.4) is 0 Å². The van der Waals surface area contributed by atoms with Crippen LogP contribution < -0.4 is 14.8 Å². The second-order valence-electron chi connectivity index (χ2n) is 5.84. The molecule has 0 fully saturated rings. The van der Waals surface area contributed by atoms with E-state index < -0.39 is 0 Å². The molecule has 0 unspecified atom stereocenters. The van der Waals surface area contributed by atoms with Gasteiger partial charge in [0.05, 0.1) is 13.7 Å². The summed E-state index contributed by atoms with van der Waals surface area (Å²) >= 11 is 0. The highest BCUT2D eigenvalue weighted by Gasteiger charge is 2.12. The van der Waals surface area contributed by atoms with Crippen LogP contribution in [0.15, 0.2) is 23.2 Å². The molecule has 6 heteroatoms. The second kappa shape index (κ2) is 9.37. The quantitative estimate of drug-likeness (QED) is 0.746. The number of likely N-dealkylation sites (N-methyl/N-ethyl adjacent to an activating group) is 2. The van der Waals surface area contributed by atoms with Crippen molar-refractivity contribution < 1.29 is 9.47 Å². The van der Waals surface area contributed by atoms with E-state index in [9.17, 15) is 0 Å². The summed E-state index contributed by atoms with van der Waals surface area (Å²) in [6.45, 7) is 10.6. The molecule has 0 aromatic heterocycles. The Morgan fingerprint density at radius 1 is 1.25 bits per heavy atom. The first-order valence-electron chi connectivity index (χ1n) is 8.69. The number of nitrogens with zero attached hydrogens (tertiary/aromatic N) is 3. The summed E-state index contributed by atoms with van der Waals surface area (Å²) in [5.41, 5.74) is 1.14. The van der Waals surface area contributed by atoms with Gasteiger partial charge in [-0.3, -0.25) is 4.99 Å². The van der Waals surface area contributed by atoms with Gasteiger partial charge in [0.1, 0.15) is 6.61 Å². The van der Waals surface area contributed by atoms with Crippen LogP contribution in [0.4, 0.5) is 0 Å². The van der Waals surface area contributed by atoms with Gasteiger partial charge < -0.3 is 24.6 Å². The number of hydrogen-bond donors (Lipinski definition) is 1. The van der Waals surface area contributed by atoms with Gasteiger partial charge in [0, 0.05) is 26.7 Å². The van der Waals surface area contributed by atoms with E-state index in [1.54, 1.807) is 7.11 Å². The summed E-state index contributed by atoms with van der Waals surface area (Å²) in [5.74, 6) is 2.52. The number of benzene rings is 1. The summed E-state index contributed by atoms with van der Waals surface area (Å²) < 4.78 is 11.4. The molecule has 0 atom stereocenters. The third-order valence-electron chi connectivity index (χ3n) is 4.30. The Balaban J connectivity index is 1.89. The minimum absolute atomic E-state index is 0.664. The molecular weight excluding hydrogens is 304 g/mol. The summed E-state index contributed by atoms with van der Waals surface area (Å²) in [6, 6.07) is 6.07. The number of rotatable bonds is 9. The van der Waals surface area contributed by atoms with E-state index in [-0.39, 0.29) is 0 Å². The average molecular weight is 334 g/mol. The monoisotopic (exact) mass is 334 g/mol. The number of ether oxygens (including phenoxy) is 2. The Morgan fingerprint density at radius 3 is 2.67 bits per heavy atom. The lowest BCUT2D eigenvalue weighted by molar-refractivity contribution is 0.217. The van der Waals surface area contributed by atoms with Crippen molar-refractivity contribution in [2.24, 2.45) is 4.99 Å². The lowest BCUT2D eigenvalue weighted by Gasteiger charge is -2.19. The molecule has 0 saturated carbocycles. The van der Waals surface area contributed by atoms with Crippen molar-refractivity contribution in [1.82, 2.24) is 15.1 Å². The Kier molecular flexibility index (Phi) is 7.18. The summed E-state index contributed by atoms with van der Waals surface area (Å²) in [4.78, 5) is 8.90. The molecule has 6 nitrogen and oxygen atoms in total. The van der Waals surface area contributed by atoms with E-state index in [1.165, 1.54) is 0 Å². The van der Waals surface area contributed by atoms with Gasteiger partial charge in [0.25, 0.3) is 0 Å². The zero-order valence-electron chi connectivity index (χ0n) is 15.3. The largest absolute Gasteiger partial charge is 0.493 e. The molecule has 0 amide bonds. The number of nitrogens with one attached hydrogen (secondary N) is 1. The van der Waals surface area contributed by atoms with Gasteiger partial charge in [-0.25, -0.2) is 0 Å². The SMILES string of the molecule is CCN(CC)CCOc1ccc(CNC2=NCCN2C)cc1OC. The van der Waals surface area contributed by atoms with E-state index in [0.29, 0.717) is 6.61 Å². The van der Waals surface area contributed by atoms with Gasteiger partial charge in [-0.2, -0.15) is 0 Å². The molecule has 134 valence electrons. The first-order valence-corrected chi connectivity index (χ1v) is 8.69. The minimum Gasteiger partial charge on any atom is -0.493 e. The van der Waals surface area contributed by atoms with Crippen molar-refractivity contribution >= 4 is 5.96 Å². The molecule has 1 aliphatic heterocycles. The maximum Gasteiger partial charge on any atom is 0.194 e. The fourth-order valence-corrected chi connectivity index (χ4v) is 2.67. The van der Waals surface area contributed by atoms with Crippen molar-refractivity contribution in [1.29, 1.82) is 0 Å². The Labute approximate surface area is 145 Å². The Hall–Kier alpha value is -1.95. The molecule has 0 radical (unpaired) electrons. The standard InChI is InChI=1S/C18H30N4O2/c1-5-22(6-2)11-12-24-16-8-7-15(13-17(16)23-4)14-20-18-19-9-10-21(18)3/h7-8,13H,5-6,9-12,14H2,1-4H3,(H,19,20).